The fourth-order valence-electron chi connectivity index (χ4n) is 1.58. The molecule has 0 saturated carbocycles. The fourth-order valence-corrected chi connectivity index (χ4v) is 1.58. The standard InChI is InChI=1S/C12H15F3O2/c1-3-17-10-6-4-5-9(7-10)11(2,16)8-12(13,14)15/h4-7,16H,3,8H2,1-2H3. The monoisotopic (exact) mass is 248 g/mol. The predicted molar refractivity (Wildman–Crippen MR) is 57.9 cm³/mol. The van der Waals surface area contributed by atoms with E-state index in [9.17, 15) is 18.3 Å². The van der Waals surface area contributed by atoms with Gasteiger partial charge in [-0.2, -0.15) is 13.2 Å². The third kappa shape index (κ3) is 4.26. The Morgan fingerprint density at radius 3 is 2.47 bits per heavy atom. The number of ether oxygens (including phenoxy) is 1. The molecule has 0 saturated heterocycles. The van der Waals surface area contributed by atoms with Crippen molar-refractivity contribution in [3.05, 3.63) is 29.8 Å². The van der Waals surface area contributed by atoms with Gasteiger partial charge in [0, 0.05) is 0 Å². The van der Waals surface area contributed by atoms with Gasteiger partial charge >= 0.3 is 6.18 Å². The maximum absolute atomic E-state index is 12.3. The van der Waals surface area contributed by atoms with Gasteiger partial charge in [-0.1, -0.05) is 12.1 Å². The van der Waals surface area contributed by atoms with Crippen LogP contribution in [0.2, 0.25) is 0 Å². The zero-order valence-corrected chi connectivity index (χ0v) is 9.71. The van der Waals surface area contributed by atoms with E-state index in [1.165, 1.54) is 12.1 Å². The number of hydrogen-bond donors (Lipinski definition) is 1. The molecule has 0 fully saturated rings. The molecule has 1 aromatic carbocycles. The Balaban J connectivity index is 2.94. The van der Waals surface area contributed by atoms with E-state index in [0.29, 0.717) is 12.4 Å². The number of halogens is 3. The average molecular weight is 248 g/mol. The minimum absolute atomic E-state index is 0.195. The van der Waals surface area contributed by atoms with Crippen molar-refractivity contribution >= 4 is 0 Å². The second-order valence-electron chi connectivity index (χ2n) is 4.03. The van der Waals surface area contributed by atoms with Gasteiger partial charge in [-0.05, 0) is 31.5 Å². The van der Waals surface area contributed by atoms with Crippen LogP contribution in [0.4, 0.5) is 13.2 Å². The number of alkyl halides is 3. The van der Waals surface area contributed by atoms with Crippen LogP contribution in [-0.2, 0) is 5.60 Å². The van der Waals surface area contributed by atoms with Crippen molar-refractivity contribution in [1.82, 2.24) is 0 Å². The number of benzene rings is 1. The number of rotatable bonds is 4. The smallest absolute Gasteiger partial charge is 0.392 e. The van der Waals surface area contributed by atoms with Crippen molar-refractivity contribution < 1.29 is 23.0 Å². The molecule has 5 heteroatoms. The summed E-state index contributed by atoms with van der Waals surface area (Å²) in [6.07, 6.45) is -5.69. The van der Waals surface area contributed by atoms with E-state index in [4.69, 9.17) is 4.74 Å². The van der Waals surface area contributed by atoms with Gasteiger partial charge < -0.3 is 9.84 Å². The summed E-state index contributed by atoms with van der Waals surface area (Å²) in [5, 5.41) is 9.84. The average Bonchev–Trinajstić information content (AvgIpc) is 2.15. The molecule has 0 radical (unpaired) electrons. The van der Waals surface area contributed by atoms with Crippen molar-refractivity contribution in [3.63, 3.8) is 0 Å². The molecule has 0 heterocycles. The Labute approximate surface area is 98.0 Å². The first-order chi connectivity index (χ1) is 7.74. The highest BCUT2D eigenvalue weighted by molar-refractivity contribution is 5.32. The Kier molecular flexibility index (Phi) is 4.03. The van der Waals surface area contributed by atoms with Gasteiger partial charge in [0.15, 0.2) is 0 Å². The SMILES string of the molecule is CCOc1cccc(C(C)(O)CC(F)(F)F)c1. The topological polar surface area (TPSA) is 29.5 Å². The summed E-state index contributed by atoms with van der Waals surface area (Å²) >= 11 is 0. The summed E-state index contributed by atoms with van der Waals surface area (Å²) < 4.78 is 42.1. The molecule has 0 bridgehead atoms. The zero-order chi connectivity index (χ0) is 13.1. The van der Waals surface area contributed by atoms with Crippen LogP contribution in [0.1, 0.15) is 25.8 Å². The third-order valence-electron chi connectivity index (χ3n) is 2.31. The van der Waals surface area contributed by atoms with Gasteiger partial charge in [0.1, 0.15) is 5.75 Å². The maximum Gasteiger partial charge on any atom is 0.392 e. The number of aliphatic hydroxyl groups is 1. The van der Waals surface area contributed by atoms with Crippen molar-refractivity contribution in [1.29, 1.82) is 0 Å². The minimum atomic E-state index is -4.41. The highest BCUT2D eigenvalue weighted by Crippen LogP contribution is 2.35. The Hall–Kier alpha value is -1.23. The normalized spacial score (nSPS) is 15.4. The molecule has 1 unspecified atom stereocenters. The van der Waals surface area contributed by atoms with E-state index in [1.54, 1.807) is 19.1 Å². The predicted octanol–water partition coefficient (Wildman–Crippen LogP) is 3.25. The highest BCUT2D eigenvalue weighted by Gasteiger charge is 2.39. The molecule has 1 aromatic rings. The molecule has 1 rings (SSSR count). The molecule has 0 spiro atoms. The summed E-state index contributed by atoms with van der Waals surface area (Å²) in [4.78, 5) is 0. The molecule has 96 valence electrons. The van der Waals surface area contributed by atoms with Crippen LogP contribution in [0.3, 0.4) is 0 Å². The molecule has 0 aromatic heterocycles. The molecule has 0 aliphatic carbocycles. The Bertz CT molecular complexity index is 372. The summed E-state index contributed by atoms with van der Waals surface area (Å²) in [5.74, 6) is 0.451. The van der Waals surface area contributed by atoms with Crippen LogP contribution in [0, 0.1) is 0 Å². The lowest BCUT2D eigenvalue weighted by Gasteiger charge is -2.25. The van der Waals surface area contributed by atoms with Crippen molar-refractivity contribution in [2.45, 2.75) is 32.0 Å². The summed E-state index contributed by atoms with van der Waals surface area (Å²) in [7, 11) is 0. The minimum Gasteiger partial charge on any atom is -0.494 e. The summed E-state index contributed by atoms with van der Waals surface area (Å²) in [6, 6.07) is 6.07. The summed E-state index contributed by atoms with van der Waals surface area (Å²) in [6.45, 7) is 3.34. The van der Waals surface area contributed by atoms with E-state index in [0.717, 1.165) is 6.92 Å². The maximum atomic E-state index is 12.3. The van der Waals surface area contributed by atoms with Crippen LogP contribution in [0.5, 0.6) is 5.75 Å². The van der Waals surface area contributed by atoms with Crippen LogP contribution >= 0.6 is 0 Å². The van der Waals surface area contributed by atoms with Crippen molar-refractivity contribution in [2.75, 3.05) is 6.61 Å². The zero-order valence-electron chi connectivity index (χ0n) is 9.71. The van der Waals surface area contributed by atoms with Crippen LogP contribution in [-0.4, -0.2) is 17.9 Å². The van der Waals surface area contributed by atoms with Crippen molar-refractivity contribution in [2.24, 2.45) is 0 Å². The van der Waals surface area contributed by atoms with E-state index < -0.39 is 18.2 Å². The highest BCUT2D eigenvalue weighted by atomic mass is 19.4. The molecule has 2 nitrogen and oxygen atoms in total. The van der Waals surface area contributed by atoms with E-state index in [-0.39, 0.29) is 5.56 Å². The molecular weight excluding hydrogens is 233 g/mol. The molecule has 1 N–H and O–H groups in total. The van der Waals surface area contributed by atoms with E-state index in [2.05, 4.69) is 0 Å². The third-order valence-corrected chi connectivity index (χ3v) is 2.31. The lowest BCUT2D eigenvalue weighted by molar-refractivity contribution is -0.174. The molecule has 0 aliphatic heterocycles. The first kappa shape index (κ1) is 13.8. The summed E-state index contributed by atoms with van der Waals surface area (Å²) in [5.41, 5.74) is -1.74. The first-order valence-corrected chi connectivity index (χ1v) is 5.27. The van der Waals surface area contributed by atoms with Gasteiger partial charge in [0.25, 0.3) is 0 Å². The van der Waals surface area contributed by atoms with E-state index in [1.807, 2.05) is 0 Å². The lowest BCUT2D eigenvalue weighted by atomic mass is 9.92. The van der Waals surface area contributed by atoms with E-state index >= 15 is 0 Å². The van der Waals surface area contributed by atoms with Crippen molar-refractivity contribution in [3.8, 4) is 5.75 Å². The molecule has 0 amide bonds. The van der Waals surface area contributed by atoms with Gasteiger partial charge in [0.2, 0.25) is 0 Å². The molecular formula is C12H15F3O2. The van der Waals surface area contributed by atoms with Gasteiger partial charge in [0.05, 0.1) is 18.6 Å². The van der Waals surface area contributed by atoms with Gasteiger partial charge in [-0.15, -0.1) is 0 Å². The van der Waals surface area contributed by atoms with Crippen LogP contribution in [0.25, 0.3) is 0 Å². The Morgan fingerprint density at radius 2 is 1.94 bits per heavy atom. The lowest BCUT2D eigenvalue weighted by Crippen LogP contribution is -2.28. The second kappa shape index (κ2) is 4.96. The van der Waals surface area contributed by atoms with Gasteiger partial charge in [-0.3, -0.25) is 0 Å². The second-order valence-corrected chi connectivity index (χ2v) is 4.03. The number of hydrogen-bond acceptors (Lipinski definition) is 2. The molecule has 1 atom stereocenters. The quantitative estimate of drug-likeness (QED) is 0.886. The fraction of sp³-hybridized carbons (Fsp3) is 0.500. The van der Waals surface area contributed by atoms with Gasteiger partial charge in [-0.25, -0.2) is 0 Å². The van der Waals surface area contributed by atoms with Crippen LogP contribution in [0.15, 0.2) is 24.3 Å². The largest absolute Gasteiger partial charge is 0.494 e. The Morgan fingerprint density at radius 1 is 1.29 bits per heavy atom. The first-order valence-electron chi connectivity index (χ1n) is 5.27. The molecule has 0 aliphatic rings. The van der Waals surface area contributed by atoms with Crippen LogP contribution < -0.4 is 4.74 Å². The molecule has 17 heavy (non-hydrogen) atoms.